The quantitative estimate of drug-likeness (QED) is 0.598. The molecular weight excluding hydrogens is 214 g/mol. The SMILES string of the molecule is CCCCCN(C)CCCCC(C)(C)C(=O)O. The van der Waals surface area contributed by atoms with Crippen LogP contribution in [-0.2, 0) is 4.79 Å². The molecule has 0 aromatic rings. The van der Waals surface area contributed by atoms with Crippen LogP contribution in [0.15, 0.2) is 0 Å². The van der Waals surface area contributed by atoms with Gasteiger partial charge in [-0.25, -0.2) is 0 Å². The molecule has 0 saturated carbocycles. The first kappa shape index (κ1) is 16.4. The molecule has 0 bridgehead atoms. The maximum atomic E-state index is 10.9. The number of unbranched alkanes of at least 4 members (excludes halogenated alkanes) is 3. The summed E-state index contributed by atoms with van der Waals surface area (Å²) in [5.41, 5.74) is -0.569. The van der Waals surface area contributed by atoms with Crippen molar-refractivity contribution in [2.75, 3.05) is 20.1 Å². The van der Waals surface area contributed by atoms with Crippen LogP contribution in [0.5, 0.6) is 0 Å². The molecular formula is C14H29NO2. The molecule has 3 nitrogen and oxygen atoms in total. The van der Waals surface area contributed by atoms with Crippen LogP contribution in [0.1, 0.15) is 59.3 Å². The van der Waals surface area contributed by atoms with Crippen LogP contribution in [0.25, 0.3) is 0 Å². The maximum absolute atomic E-state index is 10.9. The van der Waals surface area contributed by atoms with Gasteiger partial charge in [0, 0.05) is 0 Å². The zero-order valence-electron chi connectivity index (χ0n) is 12.0. The second kappa shape index (κ2) is 8.51. The van der Waals surface area contributed by atoms with Crippen molar-refractivity contribution >= 4 is 5.97 Å². The van der Waals surface area contributed by atoms with Crippen LogP contribution >= 0.6 is 0 Å². The van der Waals surface area contributed by atoms with E-state index in [1.807, 2.05) is 0 Å². The molecule has 0 aromatic heterocycles. The molecule has 0 fully saturated rings. The Labute approximate surface area is 106 Å². The van der Waals surface area contributed by atoms with Crippen LogP contribution in [0.4, 0.5) is 0 Å². The molecule has 0 radical (unpaired) electrons. The maximum Gasteiger partial charge on any atom is 0.309 e. The highest BCUT2D eigenvalue weighted by molar-refractivity contribution is 5.73. The Hall–Kier alpha value is -0.570. The summed E-state index contributed by atoms with van der Waals surface area (Å²) in [7, 11) is 2.15. The van der Waals surface area contributed by atoms with Gasteiger partial charge in [0.25, 0.3) is 0 Å². The van der Waals surface area contributed by atoms with Crippen LogP contribution in [0, 0.1) is 5.41 Å². The molecule has 0 saturated heterocycles. The monoisotopic (exact) mass is 243 g/mol. The van der Waals surface area contributed by atoms with E-state index in [-0.39, 0.29) is 0 Å². The summed E-state index contributed by atoms with van der Waals surface area (Å²) in [4.78, 5) is 13.3. The van der Waals surface area contributed by atoms with E-state index < -0.39 is 11.4 Å². The molecule has 0 aromatic carbocycles. The highest BCUT2D eigenvalue weighted by Crippen LogP contribution is 2.23. The third-order valence-corrected chi connectivity index (χ3v) is 3.31. The van der Waals surface area contributed by atoms with E-state index in [2.05, 4.69) is 18.9 Å². The van der Waals surface area contributed by atoms with Crippen molar-refractivity contribution in [3.63, 3.8) is 0 Å². The van der Waals surface area contributed by atoms with Crippen LogP contribution in [0.2, 0.25) is 0 Å². The summed E-state index contributed by atoms with van der Waals surface area (Å²) in [5, 5.41) is 8.98. The Morgan fingerprint density at radius 2 is 1.65 bits per heavy atom. The van der Waals surface area contributed by atoms with Crippen molar-refractivity contribution in [2.24, 2.45) is 5.41 Å². The summed E-state index contributed by atoms with van der Waals surface area (Å²) in [5.74, 6) is -0.686. The number of rotatable bonds is 10. The van der Waals surface area contributed by atoms with Gasteiger partial charge in [-0.05, 0) is 53.2 Å². The minimum absolute atomic E-state index is 0.569. The third-order valence-electron chi connectivity index (χ3n) is 3.31. The first-order chi connectivity index (χ1) is 7.90. The molecule has 102 valence electrons. The predicted octanol–water partition coefficient (Wildman–Crippen LogP) is 3.39. The van der Waals surface area contributed by atoms with E-state index in [0.717, 1.165) is 32.4 Å². The van der Waals surface area contributed by atoms with Gasteiger partial charge in [0.15, 0.2) is 0 Å². The smallest absolute Gasteiger partial charge is 0.309 e. The van der Waals surface area contributed by atoms with E-state index in [0.29, 0.717) is 0 Å². The summed E-state index contributed by atoms with van der Waals surface area (Å²) in [6, 6.07) is 0. The first-order valence-electron chi connectivity index (χ1n) is 6.82. The van der Waals surface area contributed by atoms with Gasteiger partial charge >= 0.3 is 5.97 Å². The fraction of sp³-hybridized carbons (Fsp3) is 0.929. The zero-order chi connectivity index (χ0) is 13.3. The van der Waals surface area contributed by atoms with Crippen molar-refractivity contribution in [3.05, 3.63) is 0 Å². The molecule has 0 spiro atoms. The standard InChI is InChI=1S/C14H29NO2/c1-5-6-8-11-15(4)12-9-7-10-14(2,3)13(16)17/h5-12H2,1-4H3,(H,16,17). The fourth-order valence-corrected chi connectivity index (χ4v) is 1.80. The van der Waals surface area contributed by atoms with Crippen molar-refractivity contribution < 1.29 is 9.90 Å². The molecule has 0 aliphatic rings. The molecule has 0 heterocycles. The Balaban J connectivity index is 3.54. The van der Waals surface area contributed by atoms with Crippen LogP contribution in [0.3, 0.4) is 0 Å². The minimum Gasteiger partial charge on any atom is -0.481 e. The molecule has 0 rings (SSSR count). The van der Waals surface area contributed by atoms with E-state index in [9.17, 15) is 4.79 Å². The van der Waals surface area contributed by atoms with Gasteiger partial charge in [-0.3, -0.25) is 4.79 Å². The lowest BCUT2D eigenvalue weighted by molar-refractivity contribution is -0.147. The second-order valence-electron chi connectivity index (χ2n) is 5.66. The lowest BCUT2D eigenvalue weighted by Crippen LogP contribution is -2.25. The van der Waals surface area contributed by atoms with Gasteiger partial charge in [-0.1, -0.05) is 26.2 Å². The van der Waals surface area contributed by atoms with Crippen molar-refractivity contribution in [1.29, 1.82) is 0 Å². The normalized spacial score (nSPS) is 12.1. The Morgan fingerprint density at radius 3 is 2.12 bits per heavy atom. The van der Waals surface area contributed by atoms with E-state index in [1.54, 1.807) is 13.8 Å². The van der Waals surface area contributed by atoms with Crippen LogP contribution in [-0.4, -0.2) is 36.1 Å². The van der Waals surface area contributed by atoms with Gasteiger partial charge in [0.1, 0.15) is 0 Å². The van der Waals surface area contributed by atoms with Gasteiger partial charge < -0.3 is 10.0 Å². The number of carboxylic acids is 1. The number of carbonyl (C=O) groups is 1. The third kappa shape index (κ3) is 8.19. The number of hydrogen-bond acceptors (Lipinski definition) is 2. The molecule has 0 unspecified atom stereocenters. The summed E-state index contributed by atoms with van der Waals surface area (Å²) >= 11 is 0. The van der Waals surface area contributed by atoms with Crippen molar-refractivity contribution in [1.82, 2.24) is 4.90 Å². The van der Waals surface area contributed by atoms with Crippen molar-refractivity contribution in [2.45, 2.75) is 59.3 Å². The average Bonchev–Trinajstić information content (AvgIpc) is 2.24. The van der Waals surface area contributed by atoms with E-state index in [4.69, 9.17) is 5.11 Å². The predicted molar refractivity (Wildman–Crippen MR) is 72.3 cm³/mol. The van der Waals surface area contributed by atoms with E-state index in [1.165, 1.54) is 19.3 Å². The van der Waals surface area contributed by atoms with Crippen LogP contribution < -0.4 is 0 Å². The molecule has 0 aliphatic heterocycles. The largest absolute Gasteiger partial charge is 0.481 e. The molecule has 0 amide bonds. The Morgan fingerprint density at radius 1 is 1.12 bits per heavy atom. The molecule has 3 heteroatoms. The fourth-order valence-electron chi connectivity index (χ4n) is 1.80. The summed E-state index contributed by atoms with van der Waals surface area (Å²) in [6.45, 7) is 8.07. The summed E-state index contributed by atoms with van der Waals surface area (Å²) < 4.78 is 0. The lowest BCUT2D eigenvalue weighted by atomic mass is 9.87. The van der Waals surface area contributed by atoms with Gasteiger partial charge in [-0.15, -0.1) is 0 Å². The van der Waals surface area contributed by atoms with Gasteiger partial charge in [0.05, 0.1) is 5.41 Å². The number of hydrogen-bond donors (Lipinski definition) is 1. The van der Waals surface area contributed by atoms with E-state index >= 15 is 0 Å². The summed E-state index contributed by atoms with van der Waals surface area (Å²) in [6.07, 6.45) is 6.70. The number of carboxylic acid groups (broad SMARTS) is 1. The Kier molecular flexibility index (Phi) is 8.23. The first-order valence-corrected chi connectivity index (χ1v) is 6.82. The topological polar surface area (TPSA) is 40.5 Å². The van der Waals surface area contributed by atoms with Gasteiger partial charge in [-0.2, -0.15) is 0 Å². The molecule has 17 heavy (non-hydrogen) atoms. The average molecular weight is 243 g/mol. The van der Waals surface area contributed by atoms with Crippen molar-refractivity contribution in [3.8, 4) is 0 Å². The lowest BCUT2D eigenvalue weighted by Gasteiger charge is -2.20. The molecule has 0 aliphatic carbocycles. The number of nitrogens with zero attached hydrogens (tertiary/aromatic N) is 1. The zero-order valence-corrected chi connectivity index (χ0v) is 12.0. The minimum atomic E-state index is -0.686. The Bertz CT molecular complexity index is 214. The molecule has 0 atom stereocenters. The molecule has 1 N–H and O–H groups in total. The number of aliphatic carboxylic acids is 1. The second-order valence-corrected chi connectivity index (χ2v) is 5.66. The van der Waals surface area contributed by atoms with Gasteiger partial charge in [0.2, 0.25) is 0 Å². The highest BCUT2D eigenvalue weighted by atomic mass is 16.4. The highest BCUT2D eigenvalue weighted by Gasteiger charge is 2.25.